The Morgan fingerprint density at radius 1 is 1.04 bits per heavy atom. The van der Waals surface area contributed by atoms with Crippen LogP contribution in [-0.2, 0) is 13.5 Å². The van der Waals surface area contributed by atoms with Crippen LogP contribution in [0.15, 0.2) is 30.5 Å². The van der Waals surface area contributed by atoms with Gasteiger partial charge in [-0.05, 0) is 0 Å². The van der Waals surface area contributed by atoms with Gasteiger partial charge in [0, 0.05) is 0 Å². The van der Waals surface area contributed by atoms with E-state index in [4.69, 9.17) is 0 Å². The predicted octanol–water partition coefficient (Wildman–Crippen LogP) is 6.28. The maximum atomic E-state index is 2.53. The summed E-state index contributed by atoms with van der Waals surface area (Å²) in [5.41, 5.74) is 7.38. The van der Waals surface area contributed by atoms with Crippen molar-refractivity contribution in [3.63, 3.8) is 0 Å². The Hall–Kier alpha value is -1.09. The van der Waals surface area contributed by atoms with E-state index in [1.54, 1.807) is 15.5 Å². The second kappa shape index (κ2) is 8.73. The number of hydrogen-bond acceptors (Lipinski definition) is 0. The second-order valence-electron chi connectivity index (χ2n) is 10.5. The van der Waals surface area contributed by atoms with E-state index in [-0.39, 0.29) is 0 Å². The molecule has 1 aliphatic rings. The van der Waals surface area contributed by atoms with Gasteiger partial charge in [0.25, 0.3) is 0 Å². The zero-order valence-electron chi connectivity index (χ0n) is 19.2. The molecule has 1 saturated carbocycles. The van der Waals surface area contributed by atoms with Crippen molar-refractivity contribution in [3.05, 3.63) is 47.2 Å². The Labute approximate surface area is 175 Å². The first-order valence-electron chi connectivity index (χ1n) is 11.3. The molecule has 0 N–H and O–H groups in total. The molecule has 3 rings (SSSR count). The zero-order valence-corrected chi connectivity index (χ0v) is 21.3. The number of aryl methyl sites for hydroxylation is 2. The number of pyridine rings is 1. The molecule has 1 nitrogen and oxygen atoms in total. The van der Waals surface area contributed by atoms with Crippen LogP contribution in [0, 0.1) is 12.8 Å². The predicted molar refractivity (Wildman–Crippen MR) is 125 cm³/mol. The van der Waals surface area contributed by atoms with Gasteiger partial charge in [-0.1, -0.05) is 0 Å². The molecule has 0 atom stereocenters. The van der Waals surface area contributed by atoms with Crippen LogP contribution < -0.4 is 8.96 Å². The summed E-state index contributed by atoms with van der Waals surface area (Å²) in [6.45, 7) is 6.97. The molecule has 1 aromatic carbocycles. The topological polar surface area (TPSA) is 3.88 Å². The average molecular weight is 439 g/mol. The molecule has 1 aliphatic carbocycles. The van der Waals surface area contributed by atoms with Crippen LogP contribution in [0.2, 0.25) is 17.3 Å². The van der Waals surface area contributed by atoms with Gasteiger partial charge in [-0.25, -0.2) is 0 Å². The Bertz CT molecular complexity index is 823. The molecule has 0 radical (unpaired) electrons. The van der Waals surface area contributed by atoms with Crippen LogP contribution in [0.3, 0.4) is 0 Å². The molecule has 1 fully saturated rings. The fourth-order valence-corrected chi connectivity index (χ4v) is 8.45. The summed E-state index contributed by atoms with van der Waals surface area (Å²) in [4.78, 5) is 0. The number of benzene rings is 1. The minimum atomic E-state index is -1.91. The van der Waals surface area contributed by atoms with Crippen molar-refractivity contribution in [2.45, 2.75) is 82.5 Å². The van der Waals surface area contributed by atoms with Crippen LogP contribution in [0.4, 0.5) is 0 Å². The van der Waals surface area contributed by atoms with Crippen LogP contribution in [-0.4, -0.2) is 13.3 Å². The molecule has 1 heterocycles. The van der Waals surface area contributed by atoms with Crippen molar-refractivity contribution in [1.29, 1.82) is 0 Å². The number of rotatable bonds is 5. The quantitative estimate of drug-likeness (QED) is 0.382. The summed E-state index contributed by atoms with van der Waals surface area (Å²) in [5.74, 6) is 9.02. The molecular formula is C26H40GeN+. The summed E-state index contributed by atoms with van der Waals surface area (Å²) < 4.78 is 4.07. The van der Waals surface area contributed by atoms with Crippen LogP contribution >= 0.6 is 0 Å². The van der Waals surface area contributed by atoms with Gasteiger partial charge >= 0.3 is 176 Å². The van der Waals surface area contributed by atoms with Crippen molar-refractivity contribution in [2.75, 3.05) is 0 Å². The van der Waals surface area contributed by atoms with Crippen molar-refractivity contribution < 1.29 is 4.57 Å². The maximum absolute atomic E-state index is 2.53. The molecule has 0 aliphatic heterocycles. The third kappa shape index (κ3) is 4.90. The first-order valence-corrected chi connectivity index (χ1v) is 18.6. The van der Waals surface area contributed by atoms with Crippen LogP contribution in [0.1, 0.15) is 68.6 Å². The van der Waals surface area contributed by atoms with E-state index >= 15 is 0 Å². The molecule has 0 saturated heterocycles. The van der Waals surface area contributed by atoms with Crippen LogP contribution in [0.5, 0.6) is 0 Å². The molecule has 2 aromatic rings. The van der Waals surface area contributed by atoms with Gasteiger partial charge in [-0.3, -0.25) is 0 Å². The Balaban J connectivity index is 2.09. The standard InChI is InChI=1S/C26H40GeN/c1-19(2)15-23-17-26(28(7)18-25(23)27(4,5)6)24-16-22(14-13-20(24)3)21-11-9-8-10-12-21/h13-14,16-19,21H,8-12,15H2,1-7H3/q+1. The fraction of sp³-hybridized carbons (Fsp3) is 0.577. The van der Waals surface area contributed by atoms with E-state index in [9.17, 15) is 0 Å². The molecule has 28 heavy (non-hydrogen) atoms. The van der Waals surface area contributed by atoms with Gasteiger partial charge < -0.3 is 0 Å². The average Bonchev–Trinajstić information content (AvgIpc) is 2.63. The number of aromatic nitrogens is 1. The third-order valence-corrected chi connectivity index (χ3v) is 10.7. The van der Waals surface area contributed by atoms with Gasteiger partial charge in [0.15, 0.2) is 0 Å². The Morgan fingerprint density at radius 2 is 1.71 bits per heavy atom. The van der Waals surface area contributed by atoms with Crippen molar-refractivity contribution >= 4 is 17.7 Å². The van der Waals surface area contributed by atoms with Gasteiger partial charge in [0.2, 0.25) is 0 Å². The van der Waals surface area contributed by atoms with E-state index in [2.05, 4.69) is 80.1 Å². The summed E-state index contributed by atoms with van der Waals surface area (Å²) in [6.07, 6.45) is 10.6. The Kier molecular flexibility index (Phi) is 6.74. The fourth-order valence-electron chi connectivity index (χ4n) is 4.85. The molecular weight excluding hydrogens is 399 g/mol. The van der Waals surface area contributed by atoms with E-state index in [1.807, 2.05) is 0 Å². The molecule has 0 unspecified atom stereocenters. The van der Waals surface area contributed by atoms with Crippen molar-refractivity contribution in [1.82, 2.24) is 0 Å². The van der Waals surface area contributed by atoms with E-state index in [1.165, 1.54) is 55.3 Å². The minimum absolute atomic E-state index is 0.693. The molecule has 0 spiro atoms. The number of nitrogens with zero attached hydrogens (tertiary/aromatic N) is 1. The molecule has 2 heteroatoms. The number of hydrogen-bond donors (Lipinski definition) is 0. The first-order chi connectivity index (χ1) is 13.2. The zero-order chi connectivity index (χ0) is 20.5. The second-order valence-corrected chi connectivity index (χ2v) is 21.0. The Morgan fingerprint density at radius 3 is 2.32 bits per heavy atom. The molecule has 0 amide bonds. The van der Waals surface area contributed by atoms with E-state index in [0.717, 1.165) is 5.92 Å². The van der Waals surface area contributed by atoms with Gasteiger partial charge in [-0.15, -0.1) is 0 Å². The summed E-state index contributed by atoms with van der Waals surface area (Å²) in [6, 6.07) is 9.79. The summed E-state index contributed by atoms with van der Waals surface area (Å²) in [5, 5.41) is 0. The monoisotopic (exact) mass is 440 g/mol. The van der Waals surface area contributed by atoms with Gasteiger partial charge in [-0.2, -0.15) is 0 Å². The molecule has 0 bridgehead atoms. The van der Waals surface area contributed by atoms with E-state index in [0.29, 0.717) is 5.92 Å². The molecule has 1 aromatic heterocycles. The summed E-state index contributed by atoms with van der Waals surface area (Å²) >= 11 is -1.91. The van der Waals surface area contributed by atoms with Gasteiger partial charge in [0.1, 0.15) is 0 Å². The first kappa shape index (κ1) is 21.6. The van der Waals surface area contributed by atoms with Crippen molar-refractivity contribution in [3.8, 4) is 11.3 Å². The van der Waals surface area contributed by atoms with Crippen LogP contribution in [0.25, 0.3) is 11.3 Å². The molecule has 152 valence electrons. The normalized spacial score (nSPS) is 16.0. The SMILES string of the molecule is Cc1ccc(C2CCCCC2)cc1-c1cc(CC(C)C)[c]([Ge]([CH3])([CH3])[CH3])c[n+]1C. The summed E-state index contributed by atoms with van der Waals surface area (Å²) in [7, 11) is 2.25. The van der Waals surface area contributed by atoms with Gasteiger partial charge in [0.05, 0.1) is 0 Å². The van der Waals surface area contributed by atoms with Crippen molar-refractivity contribution in [2.24, 2.45) is 13.0 Å². The third-order valence-electron chi connectivity index (χ3n) is 6.41. The van der Waals surface area contributed by atoms with E-state index < -0.39 is 13.3 Å².